The number of rotatable bonds is 7. The van der Waals surface area contributed by atoms with Crippen molar-refractivity contribution in [1.29, 1.82) is 0 Å². The van der Waals surface area contributed by atoms with Crippen LogP contribution in [0.3, 0.4) is 0 Å². The first-order chi connectivity index (χ1) is 5.62. The average Bonchev–Trinajstić information content (AvgIpc) is 1.98. The molecule has 4 nitrogen and oxygen atoms in total. The van der Waals surface area contributed by atoms with E-state index >= 15 is 0 Å². The highest BCUT2D eigenvalue weighted by Crippen LogP contribution is 2.09. The van der Waals surface area contributed by atoms with Gasteiger partial charge < -0.3 is 22.9 Å². The fraction of sp³-hybridized carbons (Fsp3) is 1.00. The van der Waals surface area contributed by atoms with Gasteiger partial charge in [-0.25, -0.2) is 0 Å². The second-order valence-corrected chi connectivity index (χ2v) is 3.37. The lowest BCUT2D eigenvalue weighted by Crippen LogP contribution is -2.50. The van der Waals surface area contributed by atoms with Gasteiger partial charge in [-0.2, -0.15) is 0 Å². The van der Waals surface area contributed by atoms with Crippen LogP contribution in [0.25, 0.3) is 0 Å². The topological polar surface area (TPSA) is 104 Å². The summed E-state index contributed by atoms with van der Waals surface area (Å²) < 4.78 is 0. The second-order valence-electron chi connectivity index (χ2n) is 3.37. The minimum absolute atomic E-state index is 0.559. The maximum absolute atomic E-state index is 5.78. The largest absolute Gasteiger partial charge is 0.330 e. The Bertz CT molecular complexity index is 103. The Balaban J connectivity index is 3.33. The highest BCUT2D eigenvalue weighted by atomic mass is 15.0. The summed E-state index contributed by atoms with van der Waals surface area (Å²) in [5.41, 5.74) is 21.7. The molecule has 0 spiro atoms. The van der Waals surface area contributed by atoms with Crippen LogP contribution in [0, 0.1) is 0 Å². The summed E-state index contributed by atoms with van der Waals surface area (Å²) in [7, 11) is 0. The maximum Gasteiger partial charge on any atom is 0.0648 e. The Morgan fingerprint density at radius 2 is 1.42 bits per heavy atom. The van der Waals surface area contributed by atoms with E-state index in [1.54, 1.807) is 0 Å². The predicted molar refractivity (Wildman–Crippen MR) is 52.3 cm³/mol. The average molecular weight is 174 g/mol. The predicted octanol–water partition coefficient (Wildman–Crippen LogP) is -0.532. The molecule has 0 saturated heterocycles. The zero-order chi connectivity index (χ0) is 9.45. The Hall–Kier alpha value is -0.160. The van der Waals surface area contributed by atoms with Gasteiger partial charge in [-0.05, 0) is 32.4 Å². The van der Waals surface area contributed by atoms with Gasteiger partial charge in [-0.15, -0.1) is 0 Å². The van der Waals surface area contributed by atoms with Crippen LogP contribution in [0.1, 0.15) is 32.1 Å². The molecule has 0 fully saturated rings. The number of nitrogens with two attached hydrogens (primary N) is 4. The molecule has 0 aliphatic rings. The van der Waals surface area contributed by atoms with Gasteiger partial charge in [0, 0.05) is 0 Å². The molecular formula is C8H22N4. The molecule has 4 heteroatoms. The van der Waals surface area contributed by atoms with E-state index < -0.39 is 5.66 Å². The van der Waals surface area contributed by atoms with Gasteiger partial charge >= 0.3 is 0 Å². The molecule has 0 aliphatic carbocycles. The van der Waals surface area contributed by atoms with Crippen molar-refractivity contribution >= 4 is 0 Å². The first-order valence-electron chi connectivity index (χ1n) is 4.60. The minimum Gasteiger partial charge on any atom is -0.330 e. The van der Waals surface area contributed by atoms with Gasteiger partial charge in [0.15, 0.2) is 0 Å². The first kappa shape index (κ1) is 11.8. The molecule has 0 radical (unpaired) electrons. The van der Waals surface area contributed by atoms with Gasteiger partial charge in [-0.3, -0.25) is 0 Å². The van der Waals surface area contributed by atoms with Gasteiger partial charge in [0.05, 0.1) is 5.66 Å². The molecule has 0 rings (SSSR count). The maximum atomic E-state index is 5.78. The lowest BCUT2D eigenvalue weighted by molar-refractivity contribution is 0.367. The Labute approximate surface area is 74.7 Å². The zero-order valence-corrected chi connectivity index (χ0v) is 7.76. The monoisotopic (exact) mass is 174 g/mol. The molecule has 0 unspecified atom stereocenters. The molecule has 0 atom stereocenters. The normalized spacial score (nSPS) is 12.0. The number of unbranched alkanes of at least 4 members (excludes halogenated alkanes) is 2. The van der Waals surface area contributed by atoms with E-state index in [1.165, 1.54) is 0 Å². The third kappa shape index (κ3) is 6.54. The van der Waals surface area contributed by atoms with E-state index in [9.17, 15) is 0 Å². The van der Waals surface area contributed by atoms with E-state index in [0.29, 0.717) is 13.0 Å². The Kier molecular flexibility index (Phi) is 6.28. The van der Waals surface area contributed by atoms with Gasteiger partial charge in [0.25, 0.3) is 0 Å². The van der Waals surface area contributed by atoms with Crippen LogP contribution in [-0.4, -0.2) is 18.8 Å². The molecule has 74 valence electrons. The summed E-state index contributed by atoms with van der Waals surface area (Å²) in [5, 5.41) is 0. The van der Waals surface area contributed by atoms with E-state index in [4.69, 9.17) is 22.9 Å². The van der Waals surface area contributed by atoms with Gasteiger partial charge in [0.1, 0.15) is 0 Å². The van der Waals surface area contributed by atoms with Crippen molar-refractivity contribution in [1.82, 2.24) is 0 Å². The van der Waals surface area contributed by atoms with Crippen molar-refractivity contribution in [3.8, 4) is 0 Å². The van der Waals surface area contributed by atoms with Crippen molar-refractivity contribution in [3.05, 3.63) is 0 Å². The van der Waals surface area contributed by atoms with E-state index in [-0.39, 0.29) is 0 Å². The number of hydrogen-bond donors (Lipinski definition) is 4. The summed E-state index contributed by atoms with van der Waals surface area (Å²) in [5.74, 6) is 0. The van der Waals surface area contributed by atoms with Crippen LogP contribution in [0.2, 0.25) is 0 Å². The molecule has 0 aromatic heterocycles. The molecule has 0 heterocycles. The number of hydrogen-bond acceptors (Lipinski definition) is 4. The SMILES string of the molecule is NCCCCCC(N)(N)CCN. The highest BCUT2D eigenvalue weighted by Gasteiger charge is 2.16. The quantitative estimate of drug-likeness (QED) is 0.307. The summed E-state index contributed by atoms with van der Waals surface area (Å²) in [6, 6.07) is 0. The molecule has 0 saturated carbocycles. The lowest BCUT2D eigenvalue weighted by atomic mass is 10.00. The summed E-state index contributed by atoms with van der Waals surface area (Å²) in [4.78, 5) is 0. The van der Waals surface area contributed by atoms with Crippen LogP contribution in [0.4, 0.5) is 0 Å². The molecule has 0 amide bonds. The van der Waals surface area contributed by atoms with Crippen LogP contribution in [0.5, 0.6) is 0 Å². The first-order valence-corrected chi connectivity index (χ1v) is 4.60. The third-order valence-electron chi connectivity index (χ3n) is 1.96. The van der Waals surface area contributed by atoms with Crippen LogP contribution >= 0.6 is 0 Å². The molecule has 12 heavy (non-hydrogen) atoms. The van der Waals surface area contributed by atoms with Gasteiger partial charge in [-0.1, -0.05) is 12.8 Å². The zero-order valence-electron chi connectivity index (χ0n) is 7.76. The van der Waals surface area contributed by atoms with Crippen LogP contribution < -0.4 is 22.9 Å². The van der Waals surface area contributed by atoms with E-state index in [0.717, 1.165) is 32.2 Å². The fourth-order valence-electron chi connectivity index (χ4n) is 1.17. The smallest absolute Gasteiger partial charge is 0.0648 e. The van der Waals surface area contributed by atoms with Crippen molar-refractivity contribution in [2.24, 2.45) is 22.9 Å². The minimum atomic E-state index is -0.566. The van der Waals surface area contributed by atoms with Crippen molar-refractivity contribution in [2.75, 3.05) is 13.1 Å². The van der Waals surface area contributed by atoms with Crippen molar-refractivity contribution < 1.29 is 0 Å². The Morgan fingerprint density at radius 1 is 0.750 bits per heavy atom. The van der Waals surface area contributed by atoms with E-state index in [2.05, 4.69) is 0 Å². The lowest BCUT2D eigenvalue weighted by Gasteiger charge is -2.23. The third-order valence-corrected chi connectivity index (χ3v) is 1.96. The molecule has 8 N–H and O–H groups in total. The molecular weight excluding hydrogens is 152 g/mol. The van der Waals surface area contributed by atoms with E-state index in [1.807, 2.05) is 0 Å². The molecule has 0 aromatic rings. The molecule has 0 aliphatic heterocycles. The Morgan fingerprint density at radius 3 is 1.92 bits per heavy atom. The van der Waals surface area contributed by atoms with Crippen molar-refractivity contribution in [3.63, 3.8) is 0 Å². The van der Waals surface area contributed by atoms with Crippen LogP contribution in [0.15, 0.2) is 0 Å². The van der Waals surface area contributed by atoms with Crippen LogP contribution in [-0.2, 0) is 0 Å². The van der Waals surface area contributed by atoms with Gasteiger partial charge in [0.2, 0.25) is 0 Å². The second kappa shape index (κ2) is 6.37. The summed E-state index contributed by atoms with van der Waals surface area (Å²) >= 11 is 0. The molecule has 0 bridgehead atoms. The summed E-state index contributed by atoms with van der Waals surface area (Å²) in [6.45, 7) is 1.31. The van der Waals surface area contributed by atoms with Crippen molar-refractivity contribution in [2.45, 2.75) is 37.8 Å². The standard InChI is InChI=1S/C8H22N4/c9-6-3-1-2-4-8(11,12)5-7-10/h1-7,9-12H2. The fourth-order valence-corrected chi connectivity index (χ4v) is 1.17. The highest BCUT2D eigenvalue weighted by molar-refractivity contribution is 4.76. The summed E-state index contributed by atoms with van der Waals surface area (Å²) in [6.07, 6.45) is 4.74. The molecule has 0 aromatic carbocycles.